The number of allylic oxidation sites excluding steroid dienone is 1. The molecule has 5 nitrogen and oxygen atoms in total. The standard InChI is InChI=1S/C21H22F2N2O3S/c1-15(16-2-4-17(22)5-3-16)14-21(26)25-12-10-19(11-13-25)24-29(27,28)20-8-6-18(23)7-9-20/h2-9,14,19,24H,10-13H2,1H3/b15-14-. The average Bonchev–Trinajstić information content (AvgIpc) is 2.69. The normalized spacial score (nSPS) is 16.1. The highest BCUT2D eigenvalue weighted by atomic mass is 32.2. The molecule has 0 unspecified atom stereocenters. The molecule has 2 aromatic rings. The van der Waals surface area contributed by atoms with Gasteiger partial charge < -0.3 is 4.90 Å². The largest absolute Gasteiger partial charge is 0.339 e. The van der Waals surface area contributed by atoms with E-state index in [4.69, 9.17) is 0 Å². The Bertz CT molecular complexity index is 995. The molecule has 0 aliphatic carbocycles. The van der Waals surface area contributed by atoms with Gasteiger partial charge in [0.15, 0.2) is 0 Å². The number of halogens is 2. The molecule has 0 aromatic heterocycles. The minimum absolute atomic E-state index is 0.00950. The number of sulfonamides is 1. The third-order valence-electron chi connectivity index (χ3n) is 4.89. The zero-order valence-electron chi connectivity index (χ0n) is 15.9. The topological polar surface area (TPSA) is 66.5 Å². The van der Waals surface area contributed by atoms with Crippen LogP contribution in [0.3, 0.4) is 0 Å². The zero-order chi connectivity index (χ0) is 21.0. The van der Waals surface area contributed by atoms with E-state index in [0.717, 1.165) is 23.3 Å². The SMILES string of the molecule is C/C(=C/C(=O)N1CCC(NS(=O)(=O)c2ccc(F)cc2)CC1)c1ccc(F)cc1. The molecule has 2 aromatic carbocycles. The van der Waals surface area contributed by atoms with Crippen molar-refractivity contribution in [3.05, 3.63) is 71.8 Å². The fourth-order valence-electron chi connectivity index (χ4n) is 3.19. The van der Waals surface area contributed by atoms with Gasteiger partial charge in [-0.25, -0.2) is 21.9 Å². The summed E-state index contributed by atoms with van der Waals surface area (Å²) in [6.07, 6.45) is 2.47. The summed E-state index contributed by atoms with van der Waals surface area (Å²) in [5, 5.41) is 0. The maximum Gasteiger partial charge on any atom is 0.246 e. The number of nitrogens with zero attached hydrogens (tertiary/aromatic N) is 1. The molecule has 1 aliphatic heterocycles. The van der Waals surface area contributed by atoms with Gasteiger partial charge in [-0.15, -0.1) is 0 Å². The number of piperidine rings is 1. The molecule has 3 rings (SSSR count). The van der Waals surface area contributed by atoms with Gasteiger partial charge in [0.05, 0.1) is 4.90 Å². The molecule has 154 valence electrons. The summed E-state index contributed by atoms with van der Waals surface area (Å²) in [7, 11) is -3.74. The van der Waals surface area contributed by atoms with Gasteiger partial charge in [-0.2, -0.15) is 0 Å². The lowest BCUT2D eigenvalue weighted by Gasteiger charge is -2.31. The van der Waals surface area contributed by atoms with Crippen molar-refractivity contribution in [3.63, 3.8) is 0 Å². The van der Waals surface area contributed by atoms with Gasteiger partial charge in [-0.1, -0.05) is 12.1 Å². The summed E-state index contributed by atoms with van der Waals surface area (Å²) in [5.41, 5.74) is 1.50. The summed E-state index contributed by atoms with van der Waals surface area (Å²) < 4.78 is 53.4. The Hall–Kier alpha value is -2.58. The Morgan fingerprint density at radius 1 is 1.00 bits per heavy atom. The minimum atomic E-state index is -3.74. The predicted molar refractivity (Wildman–Crippen MR) is 106 cm³/mol. The first-order chi connectivity index (χ1) is 13.7. The van der Waals surface area contributed by atoms with Gasteiger partial charge in [0.1, 0.15) is 11.6 Å². The molecule has 1 N–H and O–H groups in total. The van der Waals surface area contributed by atoms with Crippen LogP contribution in [0, 0.1) is 11.6 Å². The van der Waals surface area contributed by atoms with E-state index in [0.29, 0.717) is 25.9 Å². The Morgan fingerprint density at radius 3 is 2.07 bits per heavy atom. The van der Waals surface area contributed by atoms with Crippen LogP contribution < -0.4 is 4.72 Å². The number of rotatable bonds is 5. The quantitative estimate of drug-likeness (QED) is 0.755. The second-order valence-corrected chi connectivity index (χ2v) is 8.72. The van der Waals surface area contributed by atoms with Crippen LogP contribution in [0.1, 0.15) is 25.3 Å². The fraction of sp³-hybridized carbons (Fsp3) is 0.286. The molecule has 1 aliphatic rings. The molecule has 8 heteroatoms. The van der Waals surface area contributed by atoms with Crippen LogP contribution in [-0.4, -0.2) is 38.4 Å². The second-order valence-electron chi connectivity index (χ2n) is 7.01. The molecule has 0 atom stereocenters. The molecule has 1 saturated heterocycles. The summed E-state index contributed by atoms with van der Waals surface area (Å²) in [4.78, 5) is 14.2. The van der Waals surface area contributed by atoms with Crippen molar-refractivity contribution < 1.29 is 22.0 Å². The lowest BCUT2D eigenvalue weighted by Crippen LogP contribution is -2.46. The molecule has 1 fully saturated rings. The van der Waals surface area contributed by atoms with Crippen molar-refractivity contribution in [3.8, 4) is 0 Å². The molecular weight excluding hydrogens is 398 g/mol. The van der Waals surface area contributed by atoms with E-state index in [1.54, 1.807) is 24.0 Å². The van der Waals surface area contributed by atoms with Crippen molar-refractivity contribution in [2.75, 3.05) is 13.1 Å². The number of carbonyl (C=O) groups is 1. The number of nitrogens with one attached hydrogen (secondary N) is 1. The smallest absolute Gasteiger partial charge is 0.246 e. The highest BCUT2D eigenvalue weighted by Crippen LogP contribution is 2.18. The lowest BCUT2D eigenvalue weighted by atomic mass is 10.0. The van der Waals surface area contributed by atoms with Crippen molar-refractivity contribution in [1.29, 1.82) is 0 Å². The van der Waals surface area contributed by atoms with Crippen LogP contribution in [0.5, 0.6) is 0 Å². The van der Waals surface area contributed by atoms with Crippen LogP contribution in [0.25, 0.3) is 5.57 Å². The number of likely N-dealkylation sites (tertiary alicyclic amines) is 1. The molecule has 0 bridgehead atoms. The van der Waals surface area contributed by atoms with Crippen molar-refractivity contribution in [2.24, 2.45) is 0 Å². The van der Waals surface area contributed by atoms with E-state index in [1.165, 1.54) is 30.3 Å². The van der Waals surface area contributed by atoms with Gasteiger partial charge in [-0.05, 0) is 67.3 Å². The molecule has 0 saturated carbocycles. The molecular formula is C21H22F2N2O3S. The Morgan fingerprint density at radius 2 is 1.52 bits per heavy atom. The molecule has 0 spiro atoms. The third-order valence-corrected chi connectivity index (χ3v) is 6.43. The highest BCUT2D eigenvalue weighted by Gasteiger charge is 2.26. The predicted octanol–water partition coefficient (Wildman–Crippen LogP) is 3.34. The van der Waals surface area contributed by atoms with E-state index in [2.05, 4.69) is 4.72 Å². The van der Waals surface area contributed by atoms with Gasteiger partial charge in [0.25, 0.3) is 0 Å². The first kappa shape index (κ1) is 21.1. The lowest BCUT2D eigenvalue weighted by molar-refractivity contribution is -0.127. The van der Waals surface area contributed by atoms with Gasteiger partial charge >= 0.3 is 0 Å². The summed E-state index contributed by atoms with van der Waals surface area (Å²) in [5.74, 6) is -0.996. The second kappa shape index (κ2) is 8.84. The third kappa shape index (κ3) is 5.48. The van der Waals surface area contributed by atoms with Gasteiger partial charge in [0, 0.05) is 25.2 Å². The Balaban J connectivity index is 1.57. The first-order valence-corrected chi connectivity index (χ1v) is 10.7. The van der Waals surface area contributed by atoms with Crippen molar-refractivity contribution in [2.45, 2.75) is 30.7 Å². The maximum absolute atomic E-state index is 13.0. The molecule has 29 heavy (non-hydrogen) atoms. The number of benzene rings is 2. The summed E-state index contributed by atoms with van der Waals surface area (Å²) in [6, 6.07) is 10.3. The zero-order valence-corrected chi connectivity index (χ0v) is 16.8. The van der Waals surface area contributed by atoms with Crippen LogP contribution in [-0.2, 0) is 14.8 Å². The fourth-order valence-corrected chi connectivity index (χ4v) is 4.50. The van der Waals surface area contributed by atoms with Gasteiger partial charge in [0.2, 0.25) is 15.9 Å². The van der Waals surface area contributed by atoms with E-state index in [1.807, 2.05) is 0 Å². The summed E-state index contributed by atoms with van der Waals surface area (Å²) >= 11 is 0. The van der Waals surface area contributed by atoms with E-state index < -0.39 is 15.8 Å². The number of hydrogen-bond donors (Lipinski definition) is 1. The van der Waals surface area contributed by atoms with Crippen LogP contribution in [0.2, 0.25) is 0 Å². The Kier molecular flexibility index (Phi) is 6.44. The average molecular weight is 420 g/mol. The van der Waals surface area contributed by atoms with Crippen molar-refractivity contribution >= 4 is 21.5 Å². The monoisotopic (exact) mass is 420 g/mol. The van der Waals surface area contributed by atoms with Crippen molar-refractivity contribution in [1.82, 2.24) is 9.62 Å². The number of amides is 1. The minimum Gasteiger partial charge on any atom is -0.339 e. The number of carbonyl (C=O) groups excluding carboxylic acids is 1. The van der Waals surface area contributed by atoms with Gasteiger partial charge in [-0.3, -0.25) is 4.79 Å². The Labute approximate surface area is 169 Å². The molecule has 1 amide bonds. The number of hydrogen-bond acceptors (Lipinski definition) is 3. The maximum atomic E-state index is 13.0. The van der Waals surface area contributed by atoms with Crippen LogP contribution in [0.4, 0.5) is 8.78 Å². The first-order valence-electron chi connectivity index (χ1n) is 9.25. The highest BCUT2D eigenvalue weighted by molar-refractivity contribution is 7.89. The van der Waals surface area contributed by atoms with E-state index in [-0.39, 0.29) is 22.7 Å². The van der Waals surface area contributed by atoms with Crippen LogP contribution in [0.15, 0.2) is 59.5 Å². The summed E-state index contributed by atoms with van der Waals surface area (Å²) in [6.45, 7) is 2.62. The molecule has 1 heterocycles. The van der Waals surface area contributed by atoms with E-state index >= 15 is 0 Å². The van der Waals surface area contributed by atoms with E-state index in [9.17, 15) is 22.0 Å². The molecule has 0 radical (unpaired) electrons. The van der Waals surface area contributed by atoms with Crippen LogP contribution >= 0.6 is 0 Å².